The highest BCUT2D eigenvalue weighted by Crippen LogP contribution is 2.32. The van der Waals surface area contributed by atoms with Gasteiger partial charge in [-0.05, 0) is 48.3 Å². The molecule has 0 aliphatic heterocycles. The van der Waals surface area contributed by atoms with Gasteiger partial charge < -0.3 is 24.4 Å². The number of anilines is 1. The van der Waals surface area contributed by atoms with E-state index >= 15 is 0 Å². The minimum absolute atomic E-state index is 0.0648. The maximum absolute atomic E-state index is 13.1. The molecule has 1 amide bonds. The summed E-state index contributed by atoms with van der Waals surface area (Å²) in [5.41, 5.74) is 2.12. The lowest BCUT2D eigenvalue weighted by molar-refractivity contribution is 0.0515. The number of rotatable bonds is 11. The van der Waals surface area contributed by atoms with Crippen molar-refractivity contribution in [1.82, 2.24) is 4.90 Å². The van der Waals surface area contributed by atoms with Gasteiger partial charge >= 0.3 is 0 Å². The van der Waals surface area contributed by atoms with Gasteiger partial charge in [0.25, 0.3) is 5.91 Å². The summed E-state index contributed by atoms with van der Waals surface area (Å²) in [5.74, 6) is 0.883. The van der Waals surface area contributed by atoms with Gasteiger partial charge in [0.05, 0.1) is 11.3 Å². The Labute approximate surface area is 186 Å². The molecule has 0 saturated heterocycles. The Bertz CT molecular complexity index is 842. The zero-order valence-corrected chi connectivity index (χ0v) is 19.7. The van der Waals surface area contributed by atoms with E-state index in [0.29, 0.717) is 29.4 Å². The molecule has 2 rings (SSSR count). The first-order chi connectivity index (χ1) is 14.8. The van der Waals surface area contributed by atoms with Crippen molar-refractivity contribution in [1.29, 1.82) is 0 Å². The summed E-state index contributed by atoms with van der Waals surface area (Å²) < 4.78 is 16.6. The van der Waals surface area contributed by atoms with Gasteiger partial charge in [-0.1, -0.05) is 52.8 Å². The number of likely N-dealkylation sites (N-methyl/N-ethyl adjacent to an activating group) is 1. The Morgan fingerprint density at radius 3 is 2.35 bits per heavy atom. The van der Waals surface area contributed by atoms with E-state index in [1.54, 1.807) is 13.2 Å². The van der Waals surface area contributed by atoms with Crippen molar-refractivity contribution in [3.8, 4) is 11.5 Å². The maximum Gasteiger partial charge on any atom is 0.259 e. The van der Waals surface area contributed by atoms with Gasteiger partial charge in [-0.15, -0.1) is 0 Å². The molecular weight excluding hydrogens is 392 g/mol. The fraction of sp³-hybridized carbons (Fsp3) is 0.480. The van der Waals surface area contributed by atoms with Crippen LogP contribution in [0.4, 0.5) is 5.69 Å². The molecule has 6 heteroatoms. The Hall–Kier alpha value is -2.57. The van der Waals surface area contributed by atoms with Crippen LogP contribution in [0.3, 0.4) is 0 Å². The van der Waals surface area contributed by atoms with Gasteiger partial charge in [0.2, 0.25) is 0 Å². The van der Waals surface area contributed by atoms with Crippen LogP contribution in [-0.2, 0) is 10.2 Å². The summed E-state index contributed by atoms with van der Waals surface area (Å²) in [6, 6.07) is 13.1. The third-order valence-corrected chi connectivity index (χ3v) is 5.12. The summed E-state index contributed by atoms with van der Waals surface area (Å²) in [5, 5.41) is 3.00. The topological polar surface area (TPSA) is 60.0 Å². The van der Waals surface area contributed by atoms with E-state index in [1.165, 1.54) is 0 Å². The van der Waals surface area contributed by atoms with Crippen LogP contribution < -0.4 is 14.8 Å². The van der Waals surface area contributed by atoms with Gasteiger partial charge in [0.15, 0.2) is 6.79 Å². The minimum Gasteiger partial charge on any atom is -0.491 e. The molecule has 0 radical (unpaired) electrons. The monoisotopic (exact) mass is 428 g/mol. The average molecular weight is 429 g/mol. The van der Waals surface area contributed by atoms with E-state index in [1.807, 2.05) is 36.4 Å². The number of para-hydroxylation sites is 1. The first-order valence-corrected chi connectivity index (χ1v) is 10.8. The summed E-state index contributed by atoms with van der Waals surface area (Å²) in [6.07, 6.45) is 0. The number of hydrogen-bond acceptors (Lipinski definition) is 5. The molecule has 0 bridgehead atoms. The lowest BCUT2D eigenvalue weighted by Crippen LogP contribution is -2.28. The van der Waals surface area contributed by atoms with Crippen LogP contribution in [0.1, 0.15) is 50.5 Å². The van der Waals surface area contributed by atoms with Gasteiger partial charge in [-0.25, -0.2) is 0 Å². The molecule has 0 aliphatic rings. The van der Waals surface area contributed by atoms with E-state index in [9.17, 15) is 4.79 Å². The Balaban J connectivity index is 2.22. The summed E-state index contributed by atoms with van der Waals surface area (Å²) in [7, 11) is 1.56. The molecule has 0 spiro atoms. The number of benzene rings is 2. The Morgan fingerprint density at radius 2 is 1.71 bits per heavy atom. The molecule has 6 nitrogen and oxygen atoms in total. The second-order valence-corrected chi connectivity index (χ2v) is 8.34. The standard InChI is InChI=1S/C25H36N2O4/c1-7-27(8-2)15-16-30-22-12-10-9-11-20(22)24(28)26-21-17-19(25(3,4)5)13-14-23(21)31-18-29-6/h9-14,17H,7-8,15-16,18H2,1-6H3,(H,26,28). The normalized spacial score (nSPS) is 11.5. The van der Waals surface area contributed by atoms with Crippen molar-refractivity contribution < 1.29 is 19.0 Å². The lowest BCUT2D eigenvalue weighted by atomic mass is 9.87. The van der Waals surface area contributed by atoms with Crippen LogP contribution >= 0.6 is 0 Å². The zero-order chi connectivity index (χ0) is 22.9. The molecule has 31 heavy (non-hydrogen) atoms. The highest BCUT2D eigenvalue weighted by molar-refractivity contribution is 6.06. The molecule has 0 atom stereocenters. The molecule has 0 aromatic heterocycles. The number of hydrogen-bond donors (Lipinski definition) is 1. The van der Waals surface area contributed by atoms with Gasteiger partial charge in [0, 0.05) is 13.7 Å². The van der Waals surface area contributed by atoms with Crippen LogP contribution in [0.25, 0.3) is 0 Å². The zero-order valence-electron chi connectivity index (χ0n) is 19.7. The van der Waals surface area contributed by atoms with E-state index < -0.39 is 0 Å². The predicted octanol–water partition coefficient (Wildman–Crippen LogP) is 4.94. The van der Waals surface area contributed by atoms with Crippen LogP contribution in [-0.4, -0.2) is 51.0 Å². The quantitative estimate of drug-likeness (QED) is 0.514. The van der Waals surface area contributed by atoms with Crippen LogP contribution in [0.5, 0.6) is 11.5 Å². The fourth-order valence-electron chi connectivity index (χ4n) is 3.14. The fourth-order valence-corrected chi connectivity index (χ4v) is 3.14. The number of nitrogens with one attached hydrogen (secondary N) is 1. The third kappa shape index (κ3) is 7.26. The predicted molar refractivity (Wildman–Crippen MR) is 125 cm³/mol. The molecule has 170 valence electrons. The molecular formula is C25H36N2O4. The number of amides is 1. The SMILES string of the molecule is CCN(CC)CCOc1ccccc1C(=O)Nc1cc(C(C)(C)C)ccc1OCOC. The highest BCUT2D eigenvalue weighted by Gasteiger charge is 2.19. The number of carbonyl (C=O) groups is 1. The van der Waals surface area contributed by atoms with Gasteiger partial charge in [-0.2, -0.15) is 0 Å². The van der Waals surface area contributed by atoms with Crippen LogP contribution in [0.15, 0.2) is 42.5 Å². The van der Waals surface area contributed by atoms with Crippen LogP contribution in [0, 0.1) is 0 Å². The van der Waals surface area contributed by atoms with Crippen molar-refractivity contribution in [2.45, 2.75) is 40.0 Å². The molecule has 0 aliphatic carbocycles. The molecule has 0 saturated carbocycles. The summed E-state index contributed by atoms with van der Waals surface area (Å²) in [4.78, 5) is 15.4. The van der Waals surface area contributed by atoms with Gasteiger partial charge in [0.1, 0.15) is 18.1 Å². The van der Waals surface area contributed by atoms with Crippen molar-refractivity contribution >= 4 is 11.6 Å². The lowest BCUT2D eigenvalue weighted by Gasteiger charge is -2.22. The number of methoxy groups -OCH3 is 1. The van der Waals surface area contributed by atoms with E-state index in [4.69, 9.17) is 14.2 Å². The summed E-state index contributed by atoms with van der Waals surface area (Å²) in [6.45, 7) is 14.0. The second-order valence-electron chi connectivity index (χ2n) is 8.34. The van der Waals surface area contributed by atoms with Crippen molar-refractivity contribution in [2.75, 3.05) is 45.5 Å². The highest BCUT2D eigenvalue weighted by atomic mass is 16.7. The van der Waals surface area contributed by atoms with E-state index in [2.05, 4.69) is 44.8 Å². The molecule has 2 aromatic carbocycles. The number of carbonyl (C=O) groups excluding carboxylic acids is 1. The Morgan fingerprint density at radius 1 is 1.00 bits per heavy atom. The minimum atomic E-state index is -0.244. The molecule has 2 aromatic rings. The molecule has 0 unspecified atom stereocenters. The molecule has 0 heterocycles. The number of nitrogens with zero attached hydrogens (tertiary/aromatic N) is 1. The van der Waals surface area contributed by atoms with E-state index in [0.717, 1.165) is 25.2 Å². The maximum atomic E-state index is 13.1. The third-order valence-electron chi connectivity index (χ3n) is 5.12. The first-order valence-electron chi connectivity index (χ1n) is 10.8. The smallest absolute Gasteiger partial charge is 0.259 e. The van der Waals surface area contributed by atoms with E-state index in [-0.39, 0.29) is 18.1 Å². The van der Waals surface area contributed by atoms with Crippen LogP contribution in [0.2, 0.25) is 0 Å². The largest absolute Gasteiger partial charge is 0.491 e. The second kappa shape index (κ2) is 11.7. The van der Waals surface area contributed by atoms with Crippen molar-refractivity contribution in [3.05, 3.63) is 53.6 Å². The summed E-state index contributed by atoms with van der Waals surface area (Å²) >= 11 is 0. The van der Waals surface area contributed by atoms with Crippen molar-refractivity contribution in [2.24, 2.45) is 0 Å². The molecule has 0 fully saturated rings. The Kier molecular flexibility index (Phi) is 9.34. The van der Waals surface area contributed by atoms with Gasteiger partial charge in [-0.3, -0.25) is 4.79 Å². The average Bonchev–Trinajstić information content (AvgIpc) is 2.75. The van der Waals surface area contributed by atoms with Crippen molar-refractivity contribution in [3.63, 3.8) is 0 Å². The number of ether oxygens (including phenoxy) is 3. The first kappa shape index (κ1) is 24.7. The molecule has 1 N–H and O–H groups in total.